The second-order valence-electron chi connectivity index (χ2n) is 9.66. The summed E-state index contributed by atoms with van der Waals surface area (Å²) >= 11 is 0. The minimum Gasteiger partial charge on any atom is -0.481 e. The van der Waals surface area contributed by atoms with Crippen LogP contribution in [0.2, 0.25) is 0 Å². The number of guanidine groups is 3. The molecule has 0 aromatic rings. The molecule has 0 amide bonds. The fourth-order valence-corrected chi connectivity index (χ4v) is 2.64. The first-order valence-corrected chi connectivity index (χ1v) is 13.9. The lowest BCUT2D eigenvalue weighted by atomic mass is 9.96. The van der Waals surface area contributed by atoms with Crippen LogP contribution in [0.3, 0.4) is 0 Å². The number of aliphatic hydroxyl groups is 1. The second kappa shape index (κ2) is 28.7. The molecule has 0 aromatic carbocycles. The average molecular weight is 715 g/mol. The molecule has 0 saturated carbocycles. The van der Waals surface area contributed by atoms with Crippen molar-refractivity contribution in [2.24, 2.45) is 66.6 Å². The van der Waals surface area contributed by atoms with E-state index in [0.717, 1.165) is 0 Å². The SMILES string of the molecule is NC(N)=NCCC[C@H](N)C(=O)O.NC(N)=NCCC[C@H](N)C(=O)O.NC(N)=NCCC[C@H](N)C(=O)O.O=C(O)CC(O)(CC(=O)O)C(=O)O. The van der Waals surface area contributed by atoms with Gasteiger partial charge < -0.3 is 87.3 Å². The van der Waals surface area contributed by atoms with Crippen LogP contribution in [0.25, 0.3) is 0 Å². The van der Waals surface area contributed by atoms with Crippen LogP contribution in [0.4, 0.5) is 0 Å². The van der Waals surface area contributed by atoms with Crippen molar-refractivity contribution < 1.29 is 64.5 Å². The molecule has 49 heavy (non-hydrogen) atoms. The van der Waals surface area contributed by atoms with E-state index in [9.17, 15) is 28.8 Å². The molecule has 3 atom stereocenters. The number of carbonyl (C=O) groups is 6. The van der Waals surface area contributed by atoms with Crippen molar-refractivity contribution >= 4 is 53.7 Å². The Kier molecular flexibility index (Phi) is 29.5. The van der Waals surface area contributed by atoms with E-state index >= 15 is 0 Å². The van der Waals surface area contributed by atoms with E-state index in [-0.39, 0.29) is 17.9 Å². The topological polar surface area (TPSA) is 515 Å². The van der Waals surface area contributed by atoms with Crippen LogP contribution in [-0.4, -0.2) is 133 Å². The smallest absolute Gasteiger partial charge is 0.336 e. The van der Waals surface area contributed by atoms with Crippen LogP contribution in [0.1, 0.15) is 51.4 Å². The summed E-state index contributed by atoms with van der Waals surface area (Å²) in [7, 11) is 0. The molecule has 25 N–H and O–H groups in total. The van der Waals surface area contributed by atoms with E-state index in [0.29, 0.717) is 58.2 Å². The zero-order chi connectivity index (χ0) is 39.3. The first kappa shape index (κ1) is 50.3. The number of nitrogens with two attached hydrogens (primary N) is 9. The Morgan fingerprint density at radius 3 is 0.857 bits per heavy atom. The third-order valence-electron chi connectivity index (χ3n) is 5.14. The third-order valence-corrected chi connectivity index (χ3v) is 5.14. The number of nitrogens with zero attached hydrogens (tertiary/aromatic N) is 3. The molecule has 0 saturated heterocycles. The Labute approximate surface area is 279 Å². The highest BCUT2D eigenvalue weighted by Gasteiger charge is 2.40. The van der Waals surface area contributed by atoms with Gasteiger partial charge >= 0.3 is 35.8 Å². The summed E-state index contributed by atoms with van der Waals surface area (Å²) in [4.78, 5) is 72.2. The maximum Gasteiger partial charge on any atom is 0.336 e. The zero-order valence-electron chi connectivity index (χ0n) is 26.6. The van der Waals surface area contributed by atoms with Crippen molar-refractivity contribution in [1.82, 2.24) is 0 Å². The Balaban J connectivity index is -0.000000276. The van der Waals surface area contributed by atoms with Gasteiger partial charge in [-0.05, 0) is 38.5 Å². The molecule has 0 bridgehead atoms. The second-order valence-corrected chi connectivity index (χ2v) is 9.66. The lowest BCUT2D eigenvalue weighted by Gasteiger charge is -2.18. The van der Waals surface area contributed by atoms with Gasteiger partial charge in [0.15, 0.2) is 23.5 Å². The predicted molar refractivity (Wildman–Crippen MR) is 174 cm³/mol. The highest BCUT2D eigenvalue weighted by molar-refractivity contribution is 5.88. The van der Waals surface area contributed by atoms with E-state index in [1.807, 2.05) is 0 Å². The molecule has 0 aliphatic carbocycles. The standard InChI is InChI=1S/3C6H14N4O2.C6H8O7/c3*7-4(5(11)12)2-1-3-10-6(8)9;7-3(8)1-6(13,5(11)12)2-4(9)10/h3*4H,1-3,7H2,(H,11,12)(H4,8,9,10);13H,1-2H2,(H,7,8)(H,9,10)(H,11,12)/t3*4-;/m000./s1. The monoisotopic (exact) mass is 714 g/mol. The summed E-state index contributed by atoms with van der Waals surface area (Å²) in [6, 6.07) is -2.46. The lowest BCUT2D eigenvalue weighted by Crippen LogP contribution is -2.42. The summed E-state index contributed by atoms with van der Waals surface area (Å²) in [6.07, 6.45) is 0.579. The van der Waals surface area contributed by atoms with Crippen molar-refractivity contribution in [3.05, 3.63) is 0 Å². The highest BCUT2D eigenvalue weighted by atomic mass is 16.4. The van der Waals surface area contributed by atoms with Gasteiger partial charge in [-0.3, -0.25) is 38.9 Å². The third kappa shape index (κ3) is 36.8. The number of carboxylic acid groups (broad SMARTS) is 6. The van der Waals surface area contributed by atoms with E-state index in [4.69, 9.17) is 87.3 Å². The van der Waals surface area contributed by atoms with Gasteiger partial charge in [0.1, 0.15) is 18.1 Å². The maximum absolute atomic E-state index is 10.3. The molecule has 0 heterocycles. The molecule has 0 radical (unpaired) electrons. The van der Waals surface area contributed by atoms with Gasteiger partial charge in [0.25, 0.3) is 0 Å². The van der Waals surface area contributed by atoms with Crippen LogP contribution in [-0.2, 0) is 28.8 Å². The quantitative estimate of drug-likeness (QED) is 0.0317. The van der Waals surface area contributed by atoms with Gasteiger partial charge in [-0.25, -0.2) is 4.79 Å². The number of hydrogen-bond donors (Lipinski definition) is 16. The summed E-state index contributed by atoms with van der Waals surface area (Å²) in [5, 5.41) is 59.0. The average Bonchev–Trinajstić information content (AvgIpc) is 2.94. The van der Waals surface area contributed by atoms with E-state index in [1.54, 1.807) is 0 Å². The van der Waals surface area contributed by atoms with Crippen molar-refractivity contribution in [2.45, 2.75) is 75.1 Å². The molecule has 0 aliphatic heterocycles. The Morgan fingerprint density at radius 1 is 0.490 bits per heavy atom. The first-order valence-electron chi connectivity index (χ1n) is 13.9. The minimum absolute atomic E-state index is 0.0129. The molecular weight excluding hydrogens is 664 g/mol. The molecule has 0 unspecified atom stereocenters. The molecule has 0 rings (SSSR count). The predicted octanol–water partition coefficient (Wildman–Crippen LogP) is -5.89. The van der Waals surface area contributed by atoms with Crippen LogP contribution in [0.5, 0.6) is 0 Å². The molecule has 284 valence electrons. The largest absolute Gasteiger partial charge is 0.481 e. The van der Waals surface area contributed by atoms with Crippen molar-refractivity contribution in [2.75, 3.05) is 19.6 Å². The van der Waals surface area contributed by atoms with Gasteiger partial charge in [-0.2, -0.15) is 0 Å². The number of hydrogen-bond acceptors (Lipinski definition) is 13. The molecule has 0 aliphatic rings. The number of carboxylic acids is 6. The summed E-state index contributed by atoms with van der Waals surface area (Å²) in [5.74, 6) is -7.98. The van der Waals surface area contributed by atoms with Gasteiger partial charge in [-0.15, -0.1) is 0 Å². The molecule has 0 fully saturated rings. The van der Waals surface area contributed by atoms with E-state index < -0.39 is 72.4 Å². The number of aliphatic carboxylic acids is 6. The van der Waals surface area contributed by atoms with Gasteiger partial charge in [0.05, 0.1) is 12.8 Å². The Hall–Kier alpha value is -5.53. The number of rotatable bonds is 20. The van der Waals surface area contributed by atoms with E-state index in [1.165, 1.54) is 0 Å². The lowest BCUT2D eigenvalue weighted by molar-refractivity contribution is -0.170. The van der Waals surface area contributed by atoms with Crippen molar-refractivity contribution in [3.63, 3.8) is 0 Å². The van der Waals surface area contributed by atoms with Gasteiger partial charge in [0.2, 0.25) is 0 Å². The van der Waals surface area contributed by atoms with E-state index in [2.05, 4.69) is 15.0 Å². The molecular formula is C24H50N12O13. The molecule has 25 nitrogen and oxygen atoms in total. The molecule has 25 heteroatoms. The van der Waals surface area contributed by atoms with Gasteiger partial charge in [0, 0.05) is 19.6 Å². The zero-order valence-corrected chi connectivity index (χ0v) is 26.6. The summed E-state index contributed by atoms with van der Waals surface area (Å²) in [6.45, 7) is 1.26. The molecule has 0 spiro atoms. The van der Waals surface area contributed by atoms with Gasteiger partial charge in [-0.1, -0.05) is 0 Å². The number of aliphatic imine (C=N–C) groups is 3. The fraction of sp³-hybridized carbons (Fsp3) is 0.625. The van der Waals surface area contributed by atoms with Crippen LogP contribution >= 0.6 is 0 Å². The van der Waals surface area contributed by atoms with Crippen LogP contribution in [0, 0.1) is 0 Å². The van der Waals surface area contributed by atoms with Crippen LogP contribution < -0.4 is 51.6 Å². The van der Waals surface area contributed by atoms with Crippen molar-refractivity contribution in [3.8, 4) is 0 Å². The Bertz CT molecular complexity index is 1010. The summed E-state index contributed by atoms with van der Waals surface area (Å²) < 4.78 is 0. The Morgan fingerprint density at radius 2 is 0.714 bits per heavy atom. The minimum atomic E-state index is -2.74. The van der Waals surface area contributed by atoms with Crippen LogP contribution in [0.15, 0.2) is 15.0 Å². The normalized spacial score (nSPS) is 11.8. The first-order chi connectivity index (χ1) is 22.4. The fourth-order valence-electron chi connectivity index (χ4n) is 2.64. The van der Waals surface area contributed by atoms with Crippen molar-refractivity contribution in [1.29, 1.82) is 0 Å². The highest BCUT2D eigenvalue weighted by Crippen LogP contribution is 2.15. The maximum atomic E-state index is 10.3. The summed E-state index contributed by atoms with van der Waals surface area (Å²) in [5.41, 5.74) is 43.2. The molecule has 0 aromatic heterocycles.